The summed E-state index contributed by atoms with van der Waals surface area (Å²) in [5, 5.41) is 18.8. The molecule has 164 valence electrons. The summed E-state index contributed by atoms with van der Waals surface area (Å²) in [6.07, 6.45) is 1.76. The molecule has 2 heterocycles. The number of nitrogens with zero attached hydrogens (tertiary/aromatic N) is 1. The Hall–Kier alpha value is -3.36. The minimum atomic E-state index is -0.853. The van der Waals surface area contributed by atoms with Gasteiger partial charge in [0.1, 0.15) is 11.9 Å². The summed E-state index contributed by atoms with van der Waals surface area (Å²) in [4.78, 5) is 28.2. The number of carbonyl (C=O) groups is 2. The van der Waals surface area contributed by atoms with E-state index in [0.29, 0.717) is 22.2 Å². The summed E-state index contributed by atoms with van der Waals surface area (Å²) in [7, 11) is 0. The van der Waals surface area contributed by atoms with E-state index in [2.05, 4.69) is 16.0 Å². The highest BCUT2D eigenvalue weighted by atomic mass is 35.5. The molecule has 1 aliphatic heterocycles. The maximum atomic E-state index is 13.0. The van der Waals surface area contributed by atoms with E-state index in [0.717, 1.165) is 30.0 Å². The summed E-state index contributed by atoms with van der Waals surface area (Å²) in [5.74, 6) is 0.260. The second-order valence-corrected chi connectivity index (χ2v) is 8.71. The lowest BCUT2D eigenvalue weighted by atomic mass is 10.2. The SMILES string of the molecule is N=C1CCCN1c1ccc(NC(=O)[C@@H](NC(=O)Nc2ccc(Cl)cc2)c2cccs2)cc1. The zero-order chi connectivity index (χ0) is 22.5. The second-order valence-electron chi connectivity index (χ2n) is 7.29. The van der Waals surface area contributed by atoms with Gasteiger partial charge in [0.15, 0.2) is 0 Å². The van der Waals surface area contributed by atoms with Crippen molar-refractivity contribution in [1.29, 1.82) is 5.41 Å². The summed E-state index contributed by atoms with van der Waals surface area (Å²) in [6.45, 7) is 0.831. The minimum Gasteiger partial charge on any atom is -0.330 e. The molecule has 0 unspecified atom stereocenters. The normalized spacial score (nSPS) is 14.2. The van der Waals surface area contributed by atoms with Gasteiger partial charge in [-0.15, -0.1) is 11.3 Å². The predicted octanol–water partition coefficient (Wildman–Crippen LogP) is 5.48. The van der Waals surface area contributed by atoms with E-state index in [9.17, 15) is 9.59 Å². The summed E-state index contributed by atoms with van der Waals surface area (Å²) in [5.41, 5.74) is 2.12. The first-order chi connectivity index (χ1) is 15.5. The number of thiophene rings is 1. The fourth-order valence-corrected chi connectivity index (χ4v) is 4.35. The van der Waals surface area contributed by atoms with Crippen LogP contribution in [-0.4, -0.2) is 24.3 Å². The van der Waals surface area contributed by atoms with E-state index < -0.39 is 12.1 Å². The number of nitrogens with one attached hydrogen (secondary N) is 4. The highest BCUT2D eigenvalue weighted by Crippen LogP contribution is 2.25. The van der Waals surface area contributed by atoms with Crippen molar-refractivity contribution in [1.82, 2.24) is 5.32 Å². The number of carbonyl (C=O) groups excluding carboxylic acids is 2. The molecule has 3 amide bonds. The first kappa shape index (κ1) is 21.9. The highest BCUT2D eigenvalue weighted by molar-refractivity contribution is 7.10. The molecule has 9 heteroatoms. The Balaban J connectivity index is 1.43. The van der Waals surface area contributed by atoms with Crippen LogP contribution >= 0.6 is 22.9 Å². The van der Waals surface area contributed by atoms with Gasteiger partial charge in [-0.3, -0.25) is 10.2 Å². The summed E-state index contributed by atoms with van der Waals surface area (Å²) >= 11 is 7.27. The van der Waals surface area contributed by atoms with Crippen molar-refractivity contribution in [2.45, 2.75) is 18.9 Å². The average Bonchev–Trinajstić information content (AvgIpc) is 3.46. The number of hydrogen-bond acceptors (Lipinski definition) is 4. The standard InChI is InChI=1S/C23H22ClN5O2S/c24-15-5-7-17(8-6-15)27-23(31)28-21(19-3-2-14-32-19)22(30)26-16-9-11-18(12-10-16)29-13-1-4-20(29)25/h2-3,5-12,14,21,25H,1,4,13H2,(H,26,30)(H2,27,28,31)/t21-/m0/s1. The molecule has 0 bridgehead atoms. The number of amidine groups is 1. The van der Waals surface area contributed by atoms with Crippen LogP contribution in [0.5, 0.6) is 0 Å². The van der Waals surface area contributed by atoms with Crippen LogP contribution < -0.4 is 20.9 Å². The van der Waals surface area contributed by atoms with Crippen LogP contribution in [0.15, 0.2) is 66.0 Å². The van der Waals surface area contributed by atoms with Crippen LogP contribution in [0.25, 0.3) is 0 Å². The van der Waals surface area contributed by atoms with Crippen molar-refractivity contribution in [3.8, 4) is 0 Å². The minimum absolute atomic E-state index is 0.347. The van der Waals surface area contributed by atoms with Crippen LogP contribution in [0.2, 0.25) is 5.02 Å². The first-order valence-electron chi connectivity index (χ1n) is 10.1. The molecule has 1 aromatic heterocycles. The molecule has 32 heavy (non-hydrogen) atoms. The number of benzene rings is 2. The molecule has 0 spiro atoms. The Morgan fingerprint density at radius 3 is 2.31 bits per heavy atom. The molecule has 2 aromatic carbocycles. The monoisotopic (exact) mass is 467 g/mol. The Morgan fingerprint density at radius 2 is 1.69 bits per heavy atom. The van der Waals surface area contributed by atoms with Crippen LogP contribution in [0.3, 0.4) is 0 Å². The molecule has 4 rings (SSSR count). The number of halogens is 1. The van der Waals surface area contributed by atoms with Gasteiger partial charge in [-0.25, -0.2) is 4.79 Å². The van der Waals surface area contributed by atoms with Gasteiger partial charge in [0, 0.05) is 39.9 Å². The third-order valence-electron chi connectivity index (χ3n) is 5.04. The topological polar surface area (TPSA) is 97.3 Å². The Kier molecular flexibility index (Phi) is 6.72. The lowest BCUT2D eigenvalue weighted by Crippen LogP contribution is -2.39. The van der Waals surface area contributed by atoms with Gasteiger partial charge < -0.3 is 20.9 Å². The molecule has 3 aromatic rings. The van der Waals surface area contributed by atoms with Crippen molar-refractivity contribution in [2.75, 3.05) is 22.1 Å². The predicted molar refractivity (Wildman–Crippen MR) is 130 cm³/mol. The first-order valence-corrected chi connectivity index (χ1v) is 11.4. The number of hydrogen-bond donors (Lipinski definition) is 4. The molecule has 1 saturated heterocycles. The van der Waals surface area contributed by atoms with Crippen LogP contribution in [0.4, 0.5) is 21.9 Å². The van der Waals surface area contributed by atoms with Gasteiger partial charge in [-0.2, -0.15) is 0 Å². The number of rotatable bonds is 6. The molecule has 0 saturated carbocycles. The van der Waals surface area contributed by atoms with Crippen molar-refractivity contribution in [2.24, 2.45) is 0 Å². The number of anilines is 3. The molecular weight excluding hydrogens is 446 g/mol. The molecule has 1 aliphatic rings. The van der Waals surface area contributed by atoms with Gasteiger partial charge in [-0.1, -0.05) is 17.7 Å². The molecule has 0 aliphatic carbocycles. The Labute approximate surface area is 194 Å². The van der Waals surface area contributed by atoms with Crippen molar-refractivity contribution >= 4 is 57.8 Å². The second kappa shape index (κ2) is 9.84. The average molecular weight is 468 g/mol. The molecule has 0 radical (unpaired) electrons. The third kappa shape index (κ3) is 5.27. The van der Waals surface area contributed by atoms with Crippen molar-refractivity contribution < 1.29 is 9.59 Å². The highest BCUT2D eigenvalue weighted by Gasteiger charge is 2.24. The van der Waals surface area contributed by atoms with E-state index >= 15 is 0 Å². The van der Waals surface area contributed by atoms with Crippen LogP contribution in [-0.2, 0) is 4.79 Å². The van der Waals surface area contributed by atoms with Crippen molar-refractivity contribution in [3.05, 3.63) is 75.9 Å². The summed E-state index contributed by atoms with van der Waals surface area (Å²) in [6, 6.07) is 16.4. The Morgan fingerprint density at radius 1 is 1.00 bits per heavy atom. The van der Waals surface area contributed by atoms with Crippen LogP contribution in [0.1, 0.15) is 23.8 Å². The van der Waals surface area contributed by atoms with Gasteiger partial charge in [0.05, 0.1) is 0 Å². The quantitative estimate of drug-likeness (QED) is 0.386. The fourth-order valence-electron chi connectivity index (χ4n) is 3.45. The largest absolute Gasteiger partial charge is 0.330 e. The van der Waals surface area contributed by atoms with Crippen LogP contribution in [0, 0.1) is 5.41 Å². The zero-order valence-electron chi connectivity index (χ0n) is 17.1. The lowest BCUT2D eigenvalue weighted by Gasteiger charge is -2.20. The molecule has 1 atom stereocenters. The maximum absolute atomic E-state index is 13.0. The smallest absolute Gasteiger partial charge is 0.320 e. The van der Waals surface area contributed by atoms with E-state index in [-0.39, 0.29) is 5.91 Å². The zero-order valence-corrected chi connectivity index (χ0v) is 18.7. The van der Waals surface area contributed by atoms with Gasteiger partial charge in [0.25, 0.3) is 5.91 Å². The van der Waals surface area contributed by atoms with Gasteiger partial charge in [0.2, 0.25) is 0 Å². The lowest BCUT2D eigenvalue weighted by molar-refractivity contribution is -0.118. The van der Waals surface area contributed by atoms with Gasteiger partial charge >= 0.3 is 6.03 Å². The number of urea groups is 1. The Bertz CT molecular complexity index is 1100. The van der Waals surface area contributed by atoms with Gasteiger partial charge in [-0.05, 0) is 66.4 Å². The fraction of sp³-hybridized carbons (Fsp3) is 0.174. The van der Waals surface area contributed by atoms with E-state index in [1.54, 1.807) is 42.5 Å². The molecule has 1 fully saturated rings. The third-order valence-corrected chi connectivity index (χ3v) is 6.22. The van der Waals surface area contributed by atoms with E-state index in [4.69, 9.17) is 17.0 Å². The summed E-state index contributed by atoms with van der Waals surface area (Å²) < 4.78 is 0. The van der Waals surface area contributed by atoms with E-state index in [1.165, 1.54) is 11.3 Å². The number of amides is 3. The van der Waals surface area contributed by atoms with Crippen molar-refractivity contribution in [3.63, 3.8) is 0 Å². The molecule has 7 nitrogen and oxygen atoms in total. The maximum Gasteiger partial charge on any atom is 0.320 e. The molecular formula is C23H22ClN5O2S. The van der Waals surface area contributed by atoms with E-state index in [1.807, 2.05) is 28.5 Å². The molecule has 4 N–H and O–H groups in total.